The Morgan fingerprint density at radius 3 is 2.80 bits per heavy atom. The molecule has 1 fully saturated rings. The van der Waals surface area contributed by atoms with E-state index in [0.29, 0.717) is 6.04 Å². The first-order valence-electron chi connectivity index (χ1n) is 7.76. The van der Waals surface area contributed by atoms with Gasteiger partial charge in [-0.25, -0.2) is 0 Å². The number of rotatable bonds is 3. The van der Waals surface area contributed by atoms with Gasteiger partial charge in [0, 0.05) is 18.6 Å². The van der Waals surface area contributed by atoms with Crippen LogP contribution in [0, 0.1) is 11.8 Å². The van der Waals surface area contributed by atoms with Crippen LogP contribution >= 0.6 is 0 Å². The maximum Gasteiger partial charge on any atom is 0.119 e. The van der Waals surface area contributed by atoms with E-state index in [2.05, 4.69) is 36.9 Å². The molecule has 0 saturated carbocycles. The van der Waals surface area contributed by atoms with Crippen molar-refractivity contribution in [3.05, 3.63) is 29.3 Å². The van der Waals surface area contributed by atoms with E-state index in [4.69, 9.17) is 10.5 Å². The minimum absolute atomic E-state index is 0.131. The molecule has 3 unspecified atom stereocenters. The summed E-state index contributed by atoms with van der Waals surface area (Å²) in [6.07, 6.45) is 2.41. The van der Waals surface area contributed by atoms with Crippen molar-refractivity contribution >= 4 is 0 Å². The van der Waals surface area contributed by atoms with Gasteiger partial charge in [0.15, 0.2) is 0 Å². The summed E-state index contributed by atoms with van der Waals surface area (Å²) in [6, 6.07) is 6.96. The number of ether oxygens (including phenoxy) is 1. The lowest BCUT2D eigenvalue weighted by Gasteiger charge is -2.28. The van der Waals surface area contributed by atoms with Crippen molar-refractivity contribution in [1.29, 1.82) is 0 Å². The molecular weight excluding hydrogens is 248 g/mol. The van der Waals surface area contributed by atoms with Crippen LogP contribution in [0.1, 0.15) is 37.4 Å². The number of methoxy groups -OCH3 is 1. The van der Waals surface area contributed by atoms with Gasteiger partial charge in [-0.3, -0.25) is 4.90 Å². The van der Waals surface area contributed by atoms with Crippen molar-refractivity contribution in [3.8, 4) is 5.75 Å². The molecule has 3 nitrogen and oxygen atoms in total. The highest BCUT2D eigenvalue weighted by Crippen LogP contribution is 2.37. The number of hydrogen-bond donors (Lipinski definition) is 1. The maximum atomic E-state index is 6.52. The minimum Gasteiger partial charge on any atom is -0.497 e. The SMILES string of the molecule is COc1ccc2c(c1)C(N)C(N1CCC(C(C)C)C1)C2. The van der Waals surface area contributed by atoms with Gasteiger partial charge in [0.05, 0.1) is 7.11 Å². The summed E-state index contributed by atoms with van der Waals surface area (Å²) in [4.78, 5) is 2.61. The summed E-state index contributed by atoms with van der Waals surface area (Å²) >= 11 is 0. The fourth-order valence-electron chi connectivity index (χ4n) is 3.77. The topological polar surface area (TPSA) is 38.5 Å². The van der Waals surface area contributed by atoms with E-state index < -0.39 is 0 Å². The van der Waals surface area contributed by atoms with E-state index in [1.54, 1.807) is 7.11 Å². The molecule has 1 aliphatic heterocycles. The average molecular weight is 274 g/mol. The monoisotopic (exact) mass is 274 g/mol. The van der Waals surface area contributed by atoms with Crippen LogP contribution in [0.5, 0.6) is 5.75 Å². The fourth-order valence-corrected chi connectivity index (χ4v) is 3.77. The Kier molecular flexibility index (Phi) is 3.74. The fraction of sp³-hybridized carbons (Fsp3) is 0.647. The number of nitrogens with zero attached hydrogens (tertiary/aromatic N) is 1. The Morgan fingerprint density at radius 2 is 2.15 bits per heavy atom. The van der Waals surface area contributed by atoms with Crippen LogP contribution in [-0.4, -0.2) is 31.1 Å². The van der Waals surface area contributed by atoms with Crippen LogP contribution in [0.2, 0.25) is 0 Å². The molecule has 1 heterocycles. The first-order valence-corrected chi connectivity index (χ1v) is 7.76. The Balaban J connectivity index is 1.75. The van der Waals surface area contributed by atoms with Crippen LogP contribution in [0.25, 0.3) is 0 Å². The van der Waals surface area contributed by atoms with Crippen LogP contribution in [0.15, 0.2) is 18.2 Å². The second kappa shape index (κ2) is 5.38. The van der Waals surface area contributed by atoms with Crippen molar-refractivity contribution in [1.82, 2.24) is 4.90 Å². The maximum absolute atomic E-state index is 6.52. The predicted octanol–water partition coefficient (Wildman–Crippen LogP) is 2.60. The molecule has 110 valence electrons. The van der Waals surface area contributed by atoms with E-state index >= 15 is 0 Å². The van der Waals surface area contributed by atoms with E-state index in [-0.39, 0.29) is 6.04 Å². The highest BCUT2D eigenvalue weighted by Gasteiger charge is 2.37. The second-order valence-corrected chi connectivity index (χ2v) is 6.65. The predicted molar refractivity (Wildman–Crippen MR) is 81.9 cm³/mol. The third-order valence-electron chi connectivity index (χ3n) is 5.22. The molecule has 3 rings (SSSR count). The first-order chi connectivity index (χ1) is 9.60. The van der Waals surface area contributed by atoms with E-state index in [9.17, 15) is 0 Å². The molecule has 0 aromatic heterocycles. The van der Waals surface area contributed by atoms with E-state index in [1.807, 2.05) is 0 Å². The van der Waals surface area contributed by atoms with Crippen molar-refractivity contribution in [3.63, 3.8) is 0 Å². The van der Waals surface area contributed by atoms with Crippen LogP contribution < -0.4 is 10.5 Å². The van der Waals surface area contributed by atoms with E-state index in [0.717, 1.165) is 24.0 Å². The van der Waals surface area contributed by atoms with Gasteiger partial charge in [0.25, 0.3) is 0 Å². The normalized spacial score (nSPS) is 29.9. The second-order valence-electron chi connectivity index (χ2n) is 6.65. The van der Waals surface area contributed by atoms with Crippen molar-refractivity contribution < 1.29 is 4.74 Å². The lowest BCUT2D eigenvalue weighted by molar-refractivity contribution is 0.207. The Morgan fingerprint density at radius 1 is 1.35 bits per heavy atom. The highest BCUT2D eigenvalue weighted by molar-refractivity contribution is 5.42. The third kappa shape index (κ3) is 2.33. The van der Waals surface area contributed by atoms with Crippen molar-refractivity contribution in [2.75, 3.05) is 20.2 Å². The van der Waals surface area contributed by atoms with Crippen molar-refractivity contribution in [2.24, 2.45) is 17.6 Å². The average Bonchev–Trinajstić information content (AvgIpc) is 3.04. The number of likely N-dealkylation sites (tertiary alicyclic amines) is 1. The summed E-state index contributed by atoms with van der Waals surface area (Å²) in [7, 11) is 1.72. The zero-order valence-corrected chi connectivity index (χ0v) is 12.8. The van der Waals surface area contributed by atoms with Gasteiger partial charge in [-0.1, -0.05) is 19.9 Å². The van der Waals surface area contributed by atoms with Gasteiger partial charge in [0.2, 0.25) is 0 Å². The Labute approximate surface area is 122 Å². The number of benzene rings is 1. The summed E-state index contributed by atoms with van der Waals surface area (Å²) in [5.41, 5.74) is 9.20. The van der Waals surface area contributed by atoms with Gasteiger partial charge >= 0.3 is 0 Å². The van der Waals surface area contributed by atoms with Gasteiger partial charge < -0.3 is 10.5 Å². The molecule has 1 saturated heterocycles. The van der Waals surface area contributed by atoms with Gasteiger partial charge in [-0.05, 0) is 54.5 Å². The summed E-state index contributed by atoms with van der Waals surface area (Å²) in [5.74, 6) is 2.53. The van der Waals surface area contributed by atoms with Crippen LogP contribution in [0.3, 0.4) is 0 Å². The molecule has 0 bridgehead atoms. The molecule has 1 aromatic carbocycles. The zero-order chi connectivity index (χ0) is 14.3. The number of fused-ring (bicyclic) bond motifs is 1. The molecule has 0 spiro atoms. The van der Waals surface area contributed by atoms with Crippen LogP contribution in [-0.2, 0) is 6.42 Å². The quantitative estimate of drug-likeness (QED) is 0.921. The lowest BCUT2D eigenvalue weighted by Crippen LogP contribution is -2.39. The number of nitrogens with two attached hydrogens (primary N) is 1. The molecule has 2 N–H and O–H groups in total. The smallest absolute Gasteiger partial charge is 0.119 e. The zero-order valence-electron chi connectivity index (χ0n) is 12.8. The third-order valence-corrected chi connectivity index (χ3v) is 5.22. The molecule has 3 atom stereocenters. The molecule has 1 aliphatic carbocycles. The molecule has 20 heavy (non-hydrogen) atoms. The minimum atomic E-state index is 0.131. The summed E-state index contributed by atoms with van der Waals surface area (Å²) in [6.45, 7) is 7.08. The lowest BCUT2D eigenvalue weighted by atomic mass is 9.95. The molecule has 2 aliphatic rings. The Hall–Kier alpha value is -1.06. The number of hydrogen-bond acceptors (Lipinski definition) is 3. The van der Waals surface area contributed by atoms with Gasteiger partial charge in [0.1, 0.15) is 5.75 Å². The standard InChI is InChI=1S/C17H26N2O/c1-11(2)13-6-7-19(10-13)16-8-12-4-5-14(20-3)9-15(12)17(16)18/h4-5,9,11,13,16-17H,6-8,10,18H2,1-3H3. The molecule has 1 aromatic rings. The van der Waals surface area contributed by atoms with Gasteiger partial charge in [-0.2, -0.15) is 0 Å². The first kappa shape index (κ1) is 13.9. The van der Waals surface area contributed by atoms with Gasteiger partial charge in [-0.15, -0.1) is 0 Å². The molecule has 3 heteroatoms. The largest absolute Gasteiger partial charge is 0.497 e. The Bertz CT molecular complexity index is 486. The molecule has 0 radical (unpaired) electrons. The highest BCUT2D eigenvalue weighted by atomic mass is 16.5. The molecule has 0 amide bonds. The summed E-state index contributed by atoms with van der Waals surface area (Å²) < 4.78 is 5.33. The summed E-state index contributed by atoms with van der Waals surface area (Å²) in [5, 5.41) is 0. The molecular formula is C17H26N2O. The van der Waals surface area contributed by atoms with E-state index in [1.165, 1.54) is 30.6 Å². The van der Waals surface area contributed by atoms with Crippen LogP contribution in [0.4, 0.5) is 0 Å². The van der Waals surface area contributed by atoms with Crippen molar-refractivity contribution in [2.45, 2.75) is 38.8 Å².